The van der Waals surface area contributed by atoms with Crippen molar-refractivity contribution in [2.45, 2.75) is 6.54 Å². The molecule has 82 valence electrons. The SMILES string of the molecule is C=CCNCc1n[nH]nc1-c1ccccc1. The fourth-order valence-corrected chi connectivity index (χ4v) is 1.50. The van der Waals surface area contributed by atoms with Gasteiger partial charge in [-0.2, -0.15) is 15.4 Å². The summed E-state index contributed by atoms with van der Waals surface area (Å²) in [7, 11) is 0. The van der Waals surface area contributed by atoms with Crippen LogP contribution in [-0.4, -0.2) is 22.0 Å². The van der Waals surface area contributed by atoms with Gasteiger partial charge in [-0.25, -0.2) is 0 Å². The van der Waals surface area contributed by atoms with E-state index in [2.05, 4.69) is 27.3 Å². The number of hydrogen-bond acceptors (Lipinski definition) is 3. The molecule has 0 atom stereocenters. The molecular weight excluding hydrogens is 200 g/mol. The number of rotatable bonds is 5. The molecule has 0 saturated carbocycles. The largest absolute Gasteiger partial charge is 0.308 e. The molecule has 2 aromatic rings. The third kappa shape index (κ3) is 2.35. The second-order valence-electron chi connectivity index (χ2n) is 3.40. The number of nitrogens with zero attached hydrogens (tertiary/aromatic N) is 2. The van der Waals surface area contributed by atoms with Crippen molar-refractivity contribution < 1.29 is 0 Å². The summed E-state index contributed by atoms with van der Waals surface area (Å²) in [6, 6.07) is 10.0. The summed E-state index contributed by atoms with van der Waals surface area (Å²) in [5.41, 5.74) is 2.90. The van der Waals surface area contributed by atoms with Gasteiger partial charge in [-0.3, -0.25) is 0 Å². The quantitative estimate of drug-likeness (QED) is 0.589. The fraction of sp³-hybridized carbons (Fsp3) is 0.167. The van der Waals surface area contributed by atoms with Crippen molar-refractivity contribution in [2.24, 2.45) is 0 Å². The van der Waals surface area contributed by atoms with Gasteiger partial charge in [0.1, 0.15) is 11.4 Å². The van der Waals surface area contributed by atoms with E-state index >= 15 is 0 Å². The van der Waals surface area contributed by atoms with Crippen molar-refractivity contribution >= 4 is 0 Å². The van der Waals surface area contributed by atoms with Gasteiger partial charge in [0.15, 0.2) is 0 Å². The van der Waals surface area contributed by atoms with Crippen LogP contribution in [0.25, 0.3) is 11.3 Å². The van der Waals surface area contributed by atoms with Crippen LogP contribution in [-0.2, 0) is 6.54 Å². The van der Waals surface area contributed by atoms with Crippen molar-refractivity contribution in [1.29, 1.82) is 0 Å². The Bertz CT molecular complexity index is 447. The predicted octanol–water partition coefficient (Wildman–Crippen LogP) is 1.75. The lowest BCUT2D eigenvalue weighted by Crippen LogP contribution is -2.13. The van der Waals surface area contributed by atoms with Gasteiger partial charge in [0.25, 0.3) is 0 Å². The highest BCUT2D eigenvalue weighted by molar-refractivity contribution is 5.60. The summed E-state index contributed by atoms with van der Waals surface area (Å²) < 4.78 is 0. The molecule has 0 aliphatic rings. The van der Waals surface area contributed by atoms with Gasteiger partial charge in [-0.15, -0.1) is 6.58 Å². The highest BCUT2D eigenvalue weighted by Crippen LogP contribution is 2.18. The normalized spacial score (nSPS) is 10.2. The molecule has 0 unspecified atom stereocenters. The van der Waals surface area contributed by atoms with E-state index in [1.54, 1.807) is 0 Å². The Morgan fingerprint density at radius 2 is 2.06 bits per heavy atom. The molecule has 1 heterocycles. The molecule has 0 spiro atoms. The molecule has 4 heteroatoms. The summed E-state index contributed by atoms with van der Waals surface area (Å²) in [4.78, 5) is 0. The Hall–Kier alpha value is -1.94. The van der Waals surface area contributed by atoms with E-state index in [-0.39, 0.29) is 0 Å². The maximum Gasteiger partial charge on any atom is 0.117 e. The van der Waals surface area contributed by atoms with Gasteiger partial charge in [-0.1, -0.05) is 36.4 Å². The first-order chi connectivity index (χ1) is 7.92. The summed E-state index contributed by atoms with van der Waals surface area (Å²) in [5.74, 6) is 0. The molecule has 0 fully saturated rings. The van der Waals surface area contributed by atoms with Crippen LogP contribution in [0.3, 0.4) is 0 Å². The highest BCUT2D eigenvalue weighted by atomic mass is 15.3. The van der Waals surface area contributed by atoms with Gasteiger partial charge in [0.2, 0.25) is 0 Å². The molecule has 0 amide bonds. The maximum absolute atomic E-state index is 4.16. The van der Waals surface area contributed by atoms with Crippen LogP contribution in [0.4, 0.5) is 0 Å². The number of aromatic amines is 1. The topological polar surface area (TPSA) is 53.6 Å². The molecular formula is C12H14N4. The molecule has 0 radical (unpaired) electrons. The van der Waals surface area contributed by atoms with Crippen LogP contribution in [0.1, 0.15) is 5.69 Å². The van der Waals surface area contributed by atoms with E-state index in [4.69, 9.17) is 0 Å². The van der Waals surface area contributed by atoms with Crippen molar-refractivity contribution in [2.75, 3.05) is 6.54 Å². The van der Waals surface area contributed by atoms with E-state index in [0.717, 1.165) is 23.5 Å². The maximum atomic E-state index is 4.16. The summed E-state index contributed by atoms with van der Waals surface area (Å²) in [6.45, 7) is 5.11. The zero-order valence-corrected chi connectivity index (χ0v) is 8.98. The Morgan fingerprint density at radius 1 is 1.25 bits per heavy atom. The zero-order valence-electron chi connectivity index (χ0n) is 8.98. The van der Waals surface area contributed by atoms with Crippen LogP contribution < -0.4 is 5.32 Å². The van der Waals surface area contributed by atoms with Crippen molar-refractivity contribution in [3.63, 3.8) is 0 Å². The molecule has 2 rings (SSSR count). The molecule has 2 N–H and O–H groups in total. The molecule has 4 nitrogen and oxygen atoms in total. The minimum Gasteiger partial charge on any atom is -0.308 e. The van der Waals surface area contributed by atoms with E-state index in [1.807, 2.05) is 36.4 Å². The predicted molar refractivity (Wildman–Crippen MR) is 63.7 cm³/mol. The fourth-order valence-electron chi connectivity index (χ4n) is 1.50. The van der Waals surface area contributed by atoms with Crippen LogP contribution in [0, 0.1) is 0 Å². The number of benzene rings is 1. The van der Waals surface area contributed by atoms with Crippen LogP contribution >= 0.6 is 0 Å². The van der Waals surface area contributed by atoms with E-state index in [0.29, 0.717) is 6.54 Å². The van der Waals surface area contributed by atoms with Crippen molar-refractivity contribution in [3.8, 4) is 11.3 Å². The highest BCUT2D eigenvalue weighted by Gasteiger charge is 2.08. The first-order valence-electron chi connectivity index (χ1n) is 5.18. The molecule has 0 aliphatic carbocycles. The third-order valence-electron chi connectivity index (χ3n) is 2.25. The molecule has 0 aliphatic heterocycles. The first kappa shape index (κ1) is 10.6. The summed E-state index contributed by atoms with van der Waals surface area (Å²) >= 11 is 0. The minimum atomic E-state index is 0.687. The number of hydrogen-bond donors (Lipinski definition) is 2. The lowest BCUT2D eigenvalue weighted by Gasteiger charge is -2.01. The van der Waals surface area contributed by atoms with Crippen LogP contribution in [0.5, 0.6) is 0 Å². The van der Waals surface area contributed by atoms with Crippen molar-refractivity contribution in [1.82, 2.24) is 20.7 Å². The molecule has 16 heavy (non-hydrogen) atoms. The molecule has 1 aromatic heterocycles. The Kier molecular flexibility index (Phi) is 3.46. The third-order valence-corrected chi connectivity index (χ3v) is 2.25. The second kappa shape index (κ2) is 5.23. The van der Waals surface area contributed by atoms with Crippen LogP contribution in [0.15, 0.2) is 43.0 Å². The molecule has 1 aromatic carbocycles. The van der Waals surface area contributed by atoms with Crippen molar-refractivity contribution in [3.05, 3.63) is 48.7 Å². The summed E-state index contributed by atoms with van der Waals surface area (Å²) in [6.07, 6.45) is 1.82. The first-order valence-corrected chi connectivity index (χ1v) is 5.18. The molecule has 0 saturated heterocycles. The molecule has 0 bridgehead atoms. The summed E-state index contributed by atoms with van der Waals surface area (Å²) in [5, 5.41) is 14.2. The lowest BCUT2D eigenvalue weighted by atomic mass is 10.1. The van der Waals surface area contributed by atoms with Gasteiger partial charge in [-0.05, 0) is 0 Å². The Balaban J connectivity index is 2.16. The number of H-pyrrole nitrogens is 1. The Labute approximate surface area is 94.4 Å². The number of nitrogens with one attached hydrogen (secondary N) is 2. The van der Waals surface area contributed by atoms with Gasteiger partial charge < -0.3 is 5.32 Å². The average Bonchev–Trinajstić information content (AvgIpc) is 2.79. The zero-order chi connectivity index (χ0) is 11.2. The van der Waals surface area contributed by atoms with Crippen LogP contribution in [0.2, 0.25) is 0 Å². The lowest BCUT2D eigenvalue weighted by molar-refractivity contribution is 0.736. The monoisotopic (exact) mass is 214 g/mol. The average molecular weight is 214 g/mol. The smallest absolute Gasteiger partial charge is 0.117 e. The Morgan fingerprint density at radius 3 is 2.81 bits per heavy atom. The van der Waals surface area contributed by atoms with Gasteiger partial charge in [0.05, 0.1) is 0 Å². The van der Waals surface area contributed by atoms with E-state index in [1.165, 1.54) is 0 Å². The number of aromatic nitrogens is 3. The minimum absolute atomic E-state index is 0.687. The van der Waals surface area contributed by atoms with E-state index in [9.17, 15) is 0 Å². The van der Waals surface area contributed by atoms with Gasteiger partial charge in [0, 0.05) is 18.7 Å². The second-order valence-corrected chi connectivity index (χ2v) is 3.40. The van der Waals surface area contributed by atoms with E-state index < -0.39 is 0 Å². The standard InChI is InChI=1S/C12H14N4/c1-2-8-13-9-11-12(15-16-14-11)10-6-4-3-5-7-10/h2-7,13H,1,8-9H2,(H,14,15,16). The van der Waals surface area contributed by atoms with Gasteiger partial charge >= 0.3 is 0 Å².